The molecule has 0 aliphatic heterocycles. The van der Waals surface area contributed by atoms with Crippen molar-refractivity contribution in [2.24, 2.45) is 0 Å². The molecule has 1 amide bonds. The van der Waals surface area contributed by atoms with Crippen LogP contribution in [-0.2, 0) is 17.9 Å². The number of hydrogen-bond acceptors (Lipinski definition) is 2. The average molecular weight is 399 g/mol. The number of carbonyl (C=O) groups is 1. The van der Waals surface area contributed by atoms with E-state index in [4.69, 9.17) is 0 Å². The summed E-state index contributed by atoms with van der Waals surface area (Å²) in [5.41, 5.74) is 3.76. The van der Waals surface area contributed by atoms with E-state index in [1.165, 1.54) is 0 Å². The summed E-state index contributed by atoms with van der Waals surface area (Å²) < 4.78 is 3.24. The summed E-state index contributed by atoms with van der Waals surface area (Å²) in [6, 6.07) is 27.9. The first kappa shape index (κ1) is 19.7. The van der Waals surface area contributed by atoms with Crippen LogP contribution in [0, 0.1) is 0 Å². The first-order chi connectivity index (χ1) is 14.7. The smallest absolute Gasteiger partial charge is 0.329 e. The first-order valence-electron chi connectivity index (χ1n) is 10.2. The van der Waals surface area contributed by atoms with E-state index < -0.39 is 0 Å². The topological polar surface area (TPSA) is 56.0 Å². The summed E-state index contributed by atoms with van der Waals surface area (Å²) in [7, 11) is 0. The van der Waals surface area contributed by atoms with E-state index in [2.05, 4.69) is 29.6 Å². The zero-order chi connectivity index (χ0) is 20.9. The average Bonchev–Trinajstić information content (AvgIpc) is 3.06. The van der Waals surface area contributed by atoms with Gasteiger partial charge in [0.1, 0.15) is 6.54 Å². The number of hydrogen-bond donors (Lipinski definition) is 1. The van der Waals surface area contributed by atoms with Crippen molar-refractivity contribution in [1.82, 2.24) is 14.5 Å². The second-order valence-electron chi connectivity index (χ2n) is 7.28. The van der Waals surface area contributed by atoms with Crippen molar-refractivity contribution >= 4 is 16.9 Å². The number of benzene rings is 3. The minimum absolute atomic E-state index is 0.00263. The molecule has 0 bridgehead atoms. The standard InChI is InChI=1S/C25H25N3O2/c1-2-27-22-15-9-10-16-23(22)28(25(27)30)18-24(29)26-17-21(19-11-5-3-6-12-19)20-13-7-4-8-14-20/h3-16,21H,2,17-18H2,1H3,(H,26,29). The normalized spacial score (nSPS) is 11.1. The van der Waals surface area contributed by atoms with Gasteiger partial charge in [0.15, 0.2) is 0 Å². The Morgan fingerprint density at radius 3 is 1.83 bits per heavy atom. The Morgan fingerprint density at radius 2 is 1.30 bits per heavy atom. The van der Waals surface area contributed by atoms with E-state index in [0.29, 0.717) is 13.1 Å². The van der Waals surface area contributed by atoms with Gasteiger partial charge < -0.3 is 5.32 Å². The molecule has 4 aromatic rings. The van der Waals surface area contributed by atoms with Gasteiger partial charge >= 0.3 is 5.69 Å². The van der Waals surface area contributed by atoms with Crippen molar-refractivity contribution in [2.45, 2.75) is 25.9 Å². The van der Waals surface area contributed by atoms with E-state index in [9.17, 15) is 9.59 Å². The SMILES string of the molecule is CCn1c(=O)n(CC(=O)NCC(c2ccccc2)c2ccccc2)c2ccccc21. The van der Waals surface area contributed by atoms with Gasteiger partial charge in [0, 0.05) is 19.0 Å². The Bertz CT molecular complexity index is 1150. The second-order valence-corrected chi connectivity index (χ2v) is 7.28. The van der Waals surface area contributed by atoms with Gasteiger partial charge in [-0.2, -0.15) is 0 Å². The number of fused-ring (bicyclic) bond motifs is 1. The predicted molar refractivity (Wildman–Crippen MR) is 120 cm³/mol. The third kappa shape index (κ3) is 3.92. The number of nitrogens with zero attached hydrogens (tertiary/aromatic N) is 2. The molecular formula is C25H25N3O2. The number of aromatic nitrogens is 2. The molecule has 0 fully saturated rings. The van der Waals surface area contributed by atoms with E-state index in [-0.39, 0.29) is 24.1 Å². The van der Waals surface area contributed by atoms with Gasteiger partial charge in [0.25, 0.3) is 0 Å². The van der Waals surface area contributed by atoms with Crippen LogP contribution in [0.3, 0.4) is 0 Å². The summed E-state index contributed by atoms with van der Waals surface area (Å²) in [5, 5.41) is 3.04. The highest BCUT2D eigenvalue weighted by atomic mass is 16.2. The van der Waals surface area contributed by atoms with Crippen LogP contribution in [0.1, 0.15) is 24.0 Å². The van der Waals surface area contributed by atoms with Crippen LogP contribution >= 0.6 is 0 Å². The van der Waals surface area contributed by atoms with Crippen LogP contribution in [0.25, 0.3) is 11.0 Å². The molecule has 5 nitrogen and oxygen atoms in total. The molecule has 5 heteroatoms. The van der Waals surface area contributed by atoms with Crippen molar-refractivity contribution in [3.63, 3.8) is 0 Å². The number of aryl methyl sites for hydroxylation is 1. The van der Waals surface area contributed by atoms with Crippen LogP contribution in [0.2, 0.25) is 0 Å². The Morgan fingerprint density at radius 1 is 0.800 bits per heavy atom. The lowest BCUT2D eigenvalue weighted by molar-refractivity contribution is -0.121. The molecule has 30 heavy (non-hydrogen) atoms. The largest absolute Gasteiger partial charge is 0.354 e. The molecule has 0 aliphatic carbocycles. The van der Waals surface area contributed by atoms with E-state index in [0.717, 1.165) is 22.2 Å². The fourth-order valence-electron chi connectivity index (χ4n) is 3.95. The first-order valence-corrected chi connectivity index (χ1v) is 10.2. The fraction of sp³-hybridized carbons (Fsp3) is 0.200. The number of nitrogens with one attached hydrogen (secondary N) is 1. The Balaban J connectivity index is 1.55. The highest BCUT2D eigenvalue weighted by Gasteiger charge is 2.17. The van der Waals surface area contributed by atoms with Gasteiger partial charge in [0.2, 0.25) is 5.91 Å². The van der Waals surface area contributed by atoms with Gasteiger partial charge in [-0.3, -0.25) is 13.9 Å². The minimum Gasteiger partial charge on any atom is -0.354 e. The minimum atomic E-state index is -0.173. The summed E-state index contributed by atoms with van der Waals surface area (Å²) in [4.78, 5) is 25.6. The fourth-order valence-corrected chi connectivity index (χ4v) is 3.95. The molecule has 0 radical (unpaired) electrons. The number of amides is 1. The molecule has 0 saturated heterocycles. The van der Waals surface area contributed by atoms with Gasteiger partial charge in [-0.1, -0.05) is 72.8 Å². The monoisotopic (exact) mass is 399 g/mol. The lowest BCUT2D eigenvalue weighted by Crippen LogP contribution is -2.35. The van der Waals surface area contributed by atoms with Crippen molar-refractivity contribution in [1.29, 1.82) is 0 Å². The lowest BCUT2D eigenvalue weighted by atomic mass is 9.91. The van der Waals surface area contributed by atoms with Gasteiger partial charge in [-0.25, -0.2) is 4.79 Å². The third-order valence-corrected chi connectivity index (χ3v) is 5.45. The number of imidazole rings is 1. The molecule has 0 atom stereocenters. The highest BCUT2D eigenvalue weighted by Crippen LogP contribution is 2.23. The van der Waals surface area contributed by atoms with Crippen LogP contribution in [0.15, 0.2) is 89.7 Å². The number of para-hydroxylation sites is 2. The Labute approximate surface area is 175 Å². The summed E-state index contributed by atoms with van der Waals surface area (Å²) >= 11 is 0. The highest BCUT2D eigenvalue weighted by molar-refractivity contribution is 5.81. The van der Waals surface area contributed by atoms with Gasteiger partial charge in [-0.05, 0) is 30.2 Å². The van der Waals surface area contributed by atoms with Crippen molar-refractivity contribution in [3.05, 3.63) is 107 Å². The molecule has 0 saturated carbocycles. The van der Waals surface area contributed by atoms with Crippen molar-refractivity contribution in [2.75, 3.05) is 6.54 Å². The maximum atomic E-state index is 12.8. The van der Waals surface area contributed by atoms with E-state index >= 15 is 0 Å². The van der Waals surface area contributed by atoms with Crippen molar-refractivity contribution in [3.8, 4) is 0 Å². The molecule has 1 aromatic heterocycles. The molecule has 1 heterocycles. The third-order valence-electron chi connectivity index (χ3n) is 5.45. The summed E-state index contributed by atoms with van der Waals surface area (Å²) in [6.07, 6.45) is 0. The zero-order valence-electron chi connectivity index (χ0n) is 17.0. The molecular weight excluding hydrogens is 374 g/mol. The van der Waals surface area contributed by atoms with Crippen LogP contribution in [0.5, 0.6) is 0 Å². The number of rotatable bonds is 7. The number of carbonyl (C=O) groups excluding carboxylic acids is 1. The Kier molecular flexibility index (Phi) is 5.80. The van der Waals surface area contributed by atoms with Gasteiger partial charge in [0.05, 0.1) is 11.0 Å². The Hall–Kier alpha value is -3.60. The van der Waals surface area contributed by atoms with Gasteiger partial charge in [-0.15, -0.1) is 0 Å². The molecule has 1 N–H and O–H groups in total. The van der Waals surface area contributed by atoms with E-state index in [1.54, 1.807) is 9.13 Å². The maximum absolute atomic E-state index is 12.8. The summed E-state index contributed by atoms with van der Waals surface area (Å²) in [6.45, 7) is 2.97. The quantitative estimate of drug-likeness (QED) is 0.514. The molecule has 152 valence electrons. The van der Waals surface area contributed by atoms with Crippen LogP contribution in [-0.4, -0.2) is 21.6 Å². The zero-order valence-corrected chi connectivity index (χ0v) is 17.0. The molecule has 0 aliphatic rings. The molecule has 0 spiro atoms. The van der Waals surface area contributed by atoms with Crippen LogP contribution in [0.4, 0.5) is 0 Å². The maximum Gasteiger partial charge on any atom is 0.329 e. The second kappa shape index (κ2) is 8.82. The molecule has 3 aromatic carbocycles. The predicted octanol–water partition coefficient (Wildman–Crippen LogP) is 3.77. The summed E-state index contributed by atoms with van der Waals surface area (Å²) in [5.74, 6) is -0.127. The van der Waals surface area contributed by atoms with Crippen LogP contribution < -0.4 is 11.0 Å². The van der Waals surface area contributed by atoms with E-state index in [1.807, 2.05) is 67.6 Å². The molecule has 4 rings (SSSR count). The van der Waals surface area contributed by atoms with Crippen molar-refractivity contribution < 1.29 is 4.79 Å². The molecule has 0 unspecified atom stereocenters. The lowest BCUT2D eigenvalue weighted by Gasteiger charge is -2.19.